The second-order valence-corrected chi connectivity index (χ2v) is 3.56. The summed E-state index contributed by atoms with van der Waals surface area (Å²) in [5, 5.41) is 2.74. The minimum atomic E-state index is -0.247. The van der Waals surface area contributed by atoms with Crippen LogP contribution in [-0.2, 0) is 9.53 Å². The number of nitrogens with two attached hydrogens (primary N) is 1. The zero-order valence-electron chi connectivity index (χ0n) is 9.48. The number of rotatable bonds is 6. The van der Waals surface area contributed by atoms with E-state index in [4.69, 9.17) is 10.5 Å². The van der Waals surface area contributed by atoms with Crippen molar-refractivity contribution in [1.29, 1.82) is 0 Å². The largest absolute Gasteiger partial charge is 0.383 e. The number of amides is 1. The fourth-order valence-electron chi connectivity index (χ4n) is 1.38. The molecule has 16 heavy (non-hydrogen) atoms. The summed E-state index contributed by atoms with van der Waals surface area (Å²) >= 11 is 0. The van der Waals surface area contributed by atoms with Crippen LogP contribution in [0.3, 0.4) is 0 Å². The Bertz CT molecular complexity index is 314. The Morgan fingerprint density at radius 1 is 1.44 bits per heavy atom. The van der Waals surface area contributed by atoms with Crippen molar-refractivity contribution in [1.82, 2.24) is 5.32 Å². The Balaban J connectivity index is 2.34. The molecule has 4 nitrogen and oxygen atoms in total. The van der Waals surface area contributed by atoms with Gasteiger partial charge < -0.3 is 15.8 Å². The molecule has 0 saturated carbocycles. The highest BCUT2D eigenvalue weighted by atomic mass is 16.5. The Morgan fingerprint density at radius 3 is 2.75 bits per heavy atom. The fraction of sp³-hybridized carbons (Fsp3) is 0.417. The molecule has 0 aliphatic carbocycles. The molecule has 0 radical (unpaired) electrons. The molecule has 88 valence electrons. The first-order valence-corrected chi connectivity index (χ1v) is 5.30. The predicted molar refractivity (Wildman–Crippen MR) is 62.9 cm³/mol. The van der Waals surface area contributed by atoms with Crippen LogP contribution in [0.1, 0.15) is 18.0 Å². The predicted octanol–water partition coefficient (Wildman–Crippen LogP) is 0.839. The maximum absolute atomic E-state index is 11.5. The molecule has 0 unspecified atom stereocenters. The molecule has 0 fully saturated rings. The lowest BCUT2D eigenvalue weighted by molar-refractivity contribution is -0.121. The molecule has 4 heteroatoms. The highest BCUT2D eigenvalue weighted by Crippen LogP contribution is 2.12. The van der Waals surface area contributed by atoms with Crippen LogP contribution in [0.25, 0.3) is 0 Å². The number of nitrogens with one attached hydrogen (secondary N) is 1. The lowest BCUT2D eigenvalue weighted by Crippen LogP contribution is -2.30. The molecule has 0 heterocycles. The molecular formula is C12H18N2O2. The third-order valence-corrected chi connectivity index (χ3v) is 2.26. The average molecular weight is 222 g/mol. The molecule has 1 aromatic rings. The fourth-order valence-corrected chi connectivity index (χ4v) is 1.38. The van der Waals surface area contributed by atoms with Crippen LogP contribution < -0.4 is 11.1 Å². The first-order valence-electron chi connectivity index (χ1n) is 5.30. The lowest BCUT2D eigenvalue weighted by Gasteiger charge is -2.11. The Labute approximate surface area is 95.8 Å². The Kier molecular flexibility index (Phi) is 5.53. The number of benzene rings is 1. The van der Waals surface area contributed by atoms with Gasteiger partial charge in [0.1, 0.15) is 0 Å². The molecule has 0 spiro atoms. The standard InChI is InChI=1S/C12H18N2O2/c1-16-8-7-14-12(15)9-11(13)10-5-3-2-4-6-10/h2-6,11H,7-9,13H2,1H3,(H,14,15)/t11-/m1/s1. The van der Waals surface area contributed by atoms with Crippen LogP contribution in [0.2, 0.25) is 0 Å². The first kappa shape index (κ1) is 12.7. The number of carbonyl (C=O) groups is 1. The van der Waals surface area contributed by atoms with Gasteiger partial charge in [-0.15, -0.1) is 0 Å². The summed E-state index contributed by atoms with van der Waals surface area (Å²) in [6, 6.07) is 9.36. The third kappa shape index (κ3) is 4.42. The number of methoxy groups -OCH3 is 1. The van der Waals surface area contributed by atoms with E-state index in [2.05, 4.69) is 5.32 Å². The quantitative estimate of drug-likeness (QED) is 0.701. The van der Waals surface area contributed by atoms with Crippen molar-refractivity contribution in [3.8, 4) is 0 Å². The van der Waals surface area contributed by atoms with Gasteiger partial charge in [-0.2, -0.15) is 0 Å². The monoisotopic (exact) mass is 222 g/mol. The summed E-state index contributed by atoms with van der Waals surface area (Å²) in [4.78, 5) is 11.5. The SMILES string of the molecule is COCCNC(=O)C[C@@H](N)c1ccccc1. The summed E-state index contributed by atoms with van der Waals surface area (Å²) < 4.78 is 4.84. The van der Waals surface area contributed by atoms with E-state index >= 15 is 0 Å². The average Bonchev–Trinajstić information content (AvgIpc) is 2.30. The van der Waals surface area contributed by atoms with E-state index in [0.717, 1.165) is 5.56 Å². The molecule has 1 rings (SSSR count). The summed E-state index contributed by atoms with van der Waals surface area (Å²) in [6.45, 7) is 1.04. The smallest absolute Gasteiger partial charge is 0.221 e. The first-order chi connectivity index (χ1) is 7.74. The number of hydrogen-bond acceptors (Lipinski definition) is 3. The lowest BCUT2D eigenvalue weighted by atomic mass is 10.0. The van der Waals surface area contributed by atoms with Crippen molar-refractivity contribution in [3.05, 3.63) is 35.9 Å². The number of ether oxygens (including phenoxy) is 1. The van der Waals surface area contributed by atoms with Gasteiger partial charge in [0.25, 0.3) is 0 Å². The number of carbonyl (C=O) groups excluding carboxylic acids is 1. The highest BCUT2D eigenvalue weighted by Gasteiger charge is 2.10. The van der Waals surface area contributed by atoms with Crippen molar-refractivity contribution in [2.24, 2.45) is 5.73 Å². The van der Waals surface area contributed by atoms with E-state index in [-0.39, 0.29) is 11.9 Å². The maximum atomic E-state index is 11.5. The second kappa shape index (κ2) is 6.98. The van der Waals surface area contributed by atoms with E-state index in [1.165, 1.54) is 0 Å². The van der Waals surface area contributed by atoms with Crippen molar-refractivity contribution in [2.45, 2.75) is 12.5 Å². The number of hydrogen-bond donors (Lipinski definition) is 2. The van der Waals surface area contributed by atoms with E-state index in [1.54, 1.807) is 7.11 Å². The molecule has 1 atom stereocenters. The van der Waals surface area contributed by atoms with Gasteiger partial charge in [-0.25, -0.2) is 0 Å². The highest BCUT2D eigenvalue weighted by molar-refractivity contribution is 5.76. The summed E-state index contributed by atoms with van der Waals surface area (Å²) in [5.41, 5.74) is 6.88. The molecule has 0 aromatic heterocycles. The van der Waals surface area contributed by atoms with E-state index in [1.807, 2.05) is 30.3 Å². The molecule has 0 aliphatic rings. The summed E-state index contributed by atoms with van der Waals surface area (Å²) in [7, 11) is 1.60. The van der Waals surface area contributed by atoms with Gasteiger partial charge in [0, 0.05) is 26.1 Å². The van der Waals surface area contributed by atoms with Crippen molar-refractivity contribution in [2.75, 3.05) is 20.3 Å². The van der Waals surface area contributed by atoms with Crippen LogP contribution in [0, 0.1) is 0 Å². The van der Waals surface area contributed by atoms with Gasteiger partial charge in [0.15, 0.2) is 0 Å². The van der Waals surface area contributed by atoms with Crippen LogP contribution in [0.5, 0.6) is 0 Å². The minimum absolute atomic E-state index is 0.0478. The van der Waals surface area contributed by atoms with Gasteiger partial charge in [-0.05, 0) is 5.56 Å². The molecule has 0 saturated heterocycles. The van der Waals surface area contributed by atoms with Crippen LogP contribution in [-0.4, -0.2) is 26.2 Å². The molecule has 3 N–H and O–H groups in total. The zero-order chi connectivity index (χ0) is 11.8. The normalized spacial score (nSPS) is 12.1. The summed E-state index contributed by atoms with van der Waals surface area (Å²) in [6.07, 6.45) is 0.299. The van der Waals surface area contributed by atoms with Crippen LogP contribution in [0.4, 0.5) is 0 Å². The van der Waals surface area contributed by atoms with Gasteiger partial charge in [-0.1, -0.05) is 30.3 Å². The molecule has 0 bridgehead atoms. The third-order valence-electron chi connectivity index (χ3n) is 2.26. The van der Waals surface area contributed by atoms with Crippen molar-refractivity contribution in [3.63, 3.8) is 0 Å². The second-order valence-electron chi connectivity index (χ2n) is 3.56. The molecule has 1 amide bonds. The van der Waals surface area contributed by atoms with Gasteiger partial charge in [0.05, 0.1) is 6.61 Å². The van der Waals surface area contributed by atoms with Gasteiger partial charge in [0.2, 0.25) is 5.91 Å². The van der Waals surface area contributed by atoms with Gasteiger partial charge in [-0.3, -0.25) is 4.79 Å². The Hall–Kier alpha value is -1.39. The van der Waals surface area contributed by atoms with E-state index in [9.17, 15) is 4.79 Å². The van der Waals surface area contributed by atoms with Crippen molar-refractivity contribution < 1.29 is 9.53 Å². The van der Waals surface area contributed by atoms with Crippen LogP contribution in [0.15, 0.2) is 30.3 Å². The molecular weight excluding hydrogens is 204 g/mol. The van der Waals surface area contributed by atoms with Crippen LogP contribution >= 0.6 is 0 Å². The molecule has 0 aliphatic heterocycles. The maximum Gasteiger partial charge on any atom is 0.221 e. The summed E-state index contributed by atoms with van der Waals surface area (Å²) in [5.74, 6) is -0.0478. The topological polar surface area (TPSA) is 64.3 Å². The zero-order valence-corrected chi connectivity index (χ0v) is 9.48. The van der Waals surface area contributed by atoms with E-state index in [0.29, 0.717) is 19.6 Å². The Morgan fingerprint density at radius 2 is 2.12 bits per heavy atom. The minimum Gasteiger partial charge on any atom is -0.383 e. The van der Waals surface area contributed by atoms with Crippen molar-refractivity contribution >= 4 is 5.91 Å². The molecule has 1 aromatic carbocycles. The van der Waals surface area contributed by atoms with Gasteiger partial charge >= 0.3 is 0 Å². The van der Waals surface area contributed by atoms with E-state index < -0.39 is 0 Å².